The van der Waals surface area contributed by atoms with E-state index in [9.17, 15) is 18.0 Å². The number of rotatable bonds is 13. The van der Waals surface area contributed by atoms with Crippen LogP contribution in [0.3, 0.4) is 0 Å². The van der Waals surface area contributed by atoms with Crippen molar-refractivity contribution in [1.29, 1.82) is 0 Å². The Bertz CT molecular complexity index is 1650. The minimum atomic E-state index is -4.17. The number of sulfonamides is 1. The summed E-state index contributed by atoms with van der Waals surface area (Å²) in [6.07, 6.45) is 0.894. The third kappa shape index (κ3) is 8.20. The molecule has 44 heavy (non-hydrogen) atoms. The smallest absolute Gasteiger partial charge is 0.264 e. The van der Waals surface area contributed by atoms with Crippen molar-refractivity contribution in [2.45, 2.75) is 44.2 Å². The maximum absolute atomic E-state index is 14.5. The monoisotopic (exact) mass is 651 g/mol. The highest BCUT2D eigenvalue weighted by molar-refractivity contribution is 7.92. The molecule has 4 rings (SSSR count). The van der Waals surface area contributed by atoms with Gasteiger partial charge >= 0.3 is 0 Å². The van der Waals surface area contributed by atoms with E-state index in [0.717, 1.165) is 15.4 Å². The number of benzene rings is 4. The molecule has 1 N–H and O–H groups in total. The number of nitrogens with one attached hydrogen (secondary N) is 1. The molecule has 4 aromatic rings. The Hall–Kier alpha value is -3.85. The van der Waals surface area contributed by atoms with Crippen molar-refractivity contribution in [3.05, 3.63) is 130 Å². The zero-order valence-electron chi connectivity index (χ0n) is 24.6. The lowest BCUT2D eigenvalue weighted by Crippen LogP contribution is -2.53. The van der Waals surface area contributed by atoms with E-state index in [-0.39, 0.29) is 23.8 Å². The van der Waals surface area contributed by atoms with Crippen LogP contribution in [0, 0.1) is 6.92 Å². The summed E-state index contributed by atoms with van der Waals surface area (Å²) in [7, 11) is -4.17. The average molecular weight is 653 g/mol. The van der Waals surface area contributed by atoms with E-state index in [0.29, 0.717) is 34.3 Å². The van der Waals surface area contributed by atoms with Crippen molar-refractivity contribution in [3.8, 4) is 0 Å². The molecule has 10 heteroatoms. The lowest BCUT2D eigenvalue weighted by Gasteiger charge is -2.34. The fraction of sp³-hybridized carbons (Fsp3) is 0.235. The van der Waals surface area contributed by atoms with Gasteiger partial charge in [0.1, 0.15) is 12.6 Å². The molecule has 0 heterocycles. The lowest BCUT2D eigenvalue weighted by atomic mass is 10.0. The number of hydrogen-bond donors (Lipinski definition) is 1. The first-order valence-corrected chi connectivity index (χ1v) is 16.5. The van der Waals surface area contributed by atoms with E-state index >= 15 is 0 Å². The first kappa shape index (κ1) is 33.1. The van der Waals surface area contributed by atoms with Gasteiger partial charge in [-0.25, -0.2) is 8.42 Å². The second-order valence-electron chi connectivity index (χ2n) is 10.4. The summed E-state index contributed by atoms with van der Waals surface area (Å²) >= 11 is 13.1. The first-order chi connectivity index (χ1) is 21.1. The standard InChI is InChI=1S/C34H35Cl2N3O4S/c1-3-21-37-34(41)32(22-26-11-6-4-7-12-26)38(23-29-30(35)15-10-16-31(29)36)33(40)24-39(27-19-17-25(2)18-20-27)44(42,43)28-13-8-5-9-14-28/h4-20,32H,3,21-24H2,1-2H3,(H,37,41). The summed E-state index contributed by atoms with van der Waals surface area (Å²) in [4.78, 5) is 29.6. The summed E-state index contributed by atoms with van der Waals surface area (Å²) in [5.74, 6) is -0.950. The van der Waals surface area contributed by atoms with Gasteiger partial charge in [0.15, 0.2) is 0 Å². The van der Waals surface area contributed by atoms with Crippen molar-refractivity contribution in [2.24, 2.45) is 0 Å². The second kappa shape index (κ2) is 15.2. The van der Waals surface area contributed by atoms with Crippen LogP contribution in [-0.4, -0.2) is 44.3 Å². The van der Waals surface area contributed by atoms with Crippen LogP contribution in [-0.2, 0) is 32.6 Å². The summed E-state index contributed by atoms with van der Waals surface area (Å²) in [6.45, 7) is 3.57. The molecule has 0 spiro atoms. The molecule has 1 unspecified atom stereocenters. The quantitative estimate of drug-likeness (QED) is 0.175. The highest BCUT2D eigenvalue weighted by atomic mass is 35.5. The number of anilines is 1. The van der Waals surface area contributed by atoms with Crippen molar-refractivity contribution in [1.82, 2.24) is 10.2 Å². The molecule has 1 atom stereocenters. The largest absolute Gasteiger partial charge is 0.354 e. The van der Waals surface area contributed by atoms with Crippen LogP contribution < -0.4 is 9.62 Å². The second-order valence-corrected chi connectivity index (χ2v) is 13.1. The number of carbonyl (C=O) groups is 2. The van der Waals surface area contributed by atoms with Crippen LogP contribution in [0.2, 0.25) is 10.0 Å². The number of aryl methyl sites for hydroxylation is 1. The Labute approximate surface area is 269 Å². The van der Waals surface area contributed by atoms with E-state index in [4.69, 9.17) is 23.2 Å². The maximum atomic E-state index is 14.5. The Balaban J connectivity index is 1.82. The topological polar surface area (TPSA) is 86.8 Å². The van der Waals surface area contributed by atoms with E-state index in [1.54, 1.807) is 60.7 Å². The van der Waals surface area contributed by atoms with E-state index in [1.165, 1.54) is 17.0 Å². The van der Waals surface area contributed by atoms with Gasteiger partial charge in [0.2, 0.25) is 11.8 Å². The van der Waals surface area contributed by atoms with Crippen LogP contribution in [0.1, 0.15) is 30.0 Å². The fourth-order valence-electron chi connectivity index (χ4n) is 4.73. The summed E-state index contributed by atoms with van der Waals surface area (Å²) < 4.78 is 29.1. The first-order valence-electron chi connectivity index (χ1n) is 14.3. The summed E-state index contributed by atoms with van der Waals surface area (Å²) in [6, 6.07) is 28.2. The van der Waals surface area contributed by atoms with Crippen LogP contribution in [0.4, 0.5) is 5.69 Å². The molecule has 0 aromatic heterocycles. The van der Waals surface area contributed by atoms with Gasteiger partial charge in [-0.2, -0.15) is 0 Å². The normalized spacial score (nSPS) is 11.9. The van der Waals surface area contributed by atoms with Gasteiger partial charge in [-0.1, -0.05) is 102 Å². The molecule has 2 amide bonds. The minimum Gasteiger partial charge on any atom is -0.354 e. The maximum Gasteiger partial charge on any atom is 0.264 e. The number of amides is 2. The van der Waals surface area contributed by atoms with E-state index < -0.39 is 28.5 Å². The molecule has 0 fully saturated rings. The summed E-state index contributed by atoms with van der Waals surface area (Å²) in [5, 5.41) is 3.58. The SMILES string of the molecule is CCCNC(=O)C(Cc1ccccc1)N(Cc1c(Cl)cccc1Cl)C(=O)CN(c1ccc(C)cc1)S(=O)(=O)c1ccccc1. The molecule has 0 radical (unpaired) electrons. The van der Waals surface area contributed by atoms with E-state index in [2.05, 4.69) is 5.32 Å². The van der Waals surface area contributed by atoms with Gasteiger partial charge in [0.25, 0.3) is 10.0 Å². The number of halogens is 2. The van der Waals surface area contributed by atoms with Gasteiger partial charge in [0, 0.05) is 35.1 Å². The van der Waals surface area contributed by atoms with Crippen molar-refractivity contribution in [2.75, 3.05) is 17.4 Å². The molecular weight excluding hydrogens is 617 g/mol. The third-order valence-electron chi connectivity index (χ3n) is 7.14. The Kier molecular flexibility index (Phi) is 11.4. The van der Waals surface area contributed by atoms with Crippen molar-refractivity contribution >= 4 is 50.7 Å². The average Bonchev–Trinajstić information content (AvgIpc) is 3.03. The zero-order valence-corrected chi connectivity index (χ0v) is 26.9. The molecule has 230 valence electrons. The van der Waals surface area contributed by atoms with Crippen LogP contribution >= 0.6 is 23.2 Å². The molecule has 0 saturated heterocycles. The van der Waals surface area contributed by atoms with Crippen molar-refractivity contribution in [3.63, 3.8) is 0 Å². The lowest BCUT2D eigenvalue weighted by molar-refractivity contribution is -0.140. The molecule has 4 aromatic carbocycles. The number of carbonyl (C=O) groups excluding carboxylic acids is 2. The van der Waals surface area contributed by atoms with Gasteiger partial charge in [-0.3, -0.25) is 13.9 Å². The van der Waals surface area contributed by atoms with Gasteiger partial charge in [-0.05, 0) is 55.3 Å². The number of nitrogens with zero attached hydrogens (tertiary/aromatic N) is 2. The molecule has 0 aliphatic carbocycles. The van der Waals surface area contributed by atoms with Crippen molar-refractivity contribution < 1.29 is 18.0 Å². The molecule has 0 saturated carbocycles. The zero-order chi connectivity index (χ0) is 31.7. The molecule has 0 aliphatic heterocycles. The van der Waals surface area contributed by atoms with Gasteiger partial charge < -0.3 is 10.2 Å². The molecular formula is C34H35Cl2N3O4S. The van der Waals surface area contributed by atoms with Crippen LogP contribution in [0.5, 0.6) is 0 Å². The highest BCUT2D eigenvalue weighted by Crippen LogP contribution is 2.29. The molecule has 0 aliphatic rings. The molecule has 0 bridgehead atoms. The Morgan fingerprint density at radius 3 is 2.00 bits per heavy atom. The predicted molar refractivity (Wildman–Crippen MR) is 176 cm³/mol. The molecule has 7 nitrogen and oxygen atoms in total. The van der Waals surface area contributed by atoms with Crippen LogP contribution in [0.15, 0.2) is 108 Å². The summed E-state index contributed by atoms with van der Waals surface area (Å²) in [5.41, 5.74) is 2.54. The van der Waals surface area contributed by atoms with Gasteiger partial charge in [0.05, 0.1) is 10.6 Å². The highest BCUT2D eigenvalue weighted by Gasteiger charge is 2.35. The van der Waals surface area contributed by atoms with E-state index in [1.807, 2.05) is 44.2 Å². The fourth-order valence-corrected chi connectivity index (χ4v) is 6.69. The van der Waals surface area contributed by atoms with Crippen LogP contribution in [0.25, 0.3) is 0 Å². The van der Waals surface area contributed by atoms with Gasteiger partial charge in [-0.15, -0.1) is 0 Å². The Morgan fingerprint density at radius 2 is 1.41 bits per heavy atom. The Morgan fingerprint density at radius 1 is 0.818 bits per heavy atom. The predicted octanol–water partition coefficient (Wildman–Crippen LogP) is 6.66. The number of hydrogen-bond acceptors (Lipinski definition) is 4. The third-order valence-corrected chi connectivity index (χ3v) is 9.64. The minimum absolute atomic E-state index is 0.0376.